The summed E-state index contributed by atoms with van der Waals surface area (Å²) >= 11 is 0. The van der Waals surface area contributed by atoms with E-state index < -0.39 is 17.4 Å². The van der Waals surface area contributed by atoms with Gasteiger partial charge in [-0.3, -0.25) is 9.89 Å². The first kappa shape index (κ1) is 19.9. The van der Waals surface area contributed by atoms with Crippen molar-refractivity contribution in [3.05, 3.63) is 70.3 Å². The second-order valence-electron chi connectivity index (χ2n) is 7.09. The molecule has 0 radical (unpaired) electrons. The van der Waals surface area contributed by atoms with E-state index in [0.29, 0.717) is 16.8 Å². The van der Waals surface area contributed by atoms with Crippen LogP contribution in [0.25, 0.3) is 39.3 Å². The topological polar surface area (TPSA) is 85.4 Å². The first-order valence-corrected chi connectivity index (χ1v) is 9.51. The van der Waals surface area contributed by atoms with E-state index in [1.807, 2.05) is 0 Å². The predicted octanol–water partition coefficient (Wildman–Crippen LogP) is 4.83. The van der Waals surface area contributed by atoms with Crippen LogP contribution in [0.3, 0.4) is 0 Å². The molecule has 0 unspecified atom stereocenters. The molecule has 0 bridgehead atoms. The Kier molecular flexibility index (Phi) is 4.33. The first-order valence-electron chi connectivity index (χ1n) is 9.51. The lowest BCUT2D eigenvalue weighted by atomic mass is 10.1. The number of benzene rings is 2. The Hall–Kier alpha value is -4.08. The van der Waals surface area contributed by atoms with Crippen molar-refractivity contribution in [2.45, 2.75) is 13.1 Å². The minimum atomic E-state index is -4.73. The highest BCUT2D eigenvalue weighted by Gasteiger charge is 2.38. The van der Waals surface area contributed by atoms with Crippen LogP contribution in [-0.2, 0) is 6.18 Å². The minimum absolute atomic E-state index is 0.0460. The Bertz CT molecular complexity index is 1530. The molecule has 0 aliphatic rings. The highest BCUT2D eigenvalue weighted by molar-refractivity contribution is 5.84. The summed E-state index contributed by atoms with van der Waals surface area (Å²) in [7, 11) is 1.47. The second-order valence-corrected chi connectivity index (χ2v) is 7.09. The van der Waals surface area contributed by atoms with Gasteiger partial charge in [-0.15, -0.1) is 0 Å². The van der Waals surface area contributed by atoms with Gasteiger partial charge in [0.1, 0.15) is 17.0 Å². The smallest absolute Gasteiger partial charge is 0.433 e. The molecule has 0 spiro atoms. The minimum Gasteiger partial charge on any atom is -0.494 e. The number of aromatic amines is 1. The highest BCUT2D eigenvalue weighted by Crippen LogP contribution is 2.38. The van der Waals surface area contributed by atoms with Crippen molar-refractivity contribution in [3.8, 4) is 28.3 Å². The molecule has 5 aromatic rings. The molecule has 3 aromatic heterocycles. The van der Waals surface area contributed by atoms with Gasteiger partial charge in [-0.2, -0.15) is 17.7 Å². The maximum absolute atomic E-state index is 13.8. The van der Waals surface area contributed by atoms with E-state index in [0.717, 1.165) is 4.52 Å². The SMILES string of the molecule is COc1cccc2oc(-c3c(C)nc4c(-c5ccccc5)c(C(F)(F)F)[nH]n4c3=O)nc12. The Morgan fingerprint density at radius 1 is 1.03 bits per heavy atom. The van der Waals surface area contributed by atoms with Gasteiger partial charge in [0.15, 0.2) is 16.7 Å². The van der Waals surface area contributed by atoms with Gasteiger partial charge in [-0.05, 0) is 24.6 Å². The number of aromatic nitrogens is 4. The molecule has 3 heterocycles. The molecule has 0 saturated heterocycles. The average molecular weight is 440 g/mol. The normalized spacial score (nSPS) is 12.0. The van der Waals surface area contributed by atoms with Gasteiger partial charge < -0.3 is 9.15 Å². The molecule has 2 aromatic carbocycles. The summed E-state index contributed by atoms with van der Waals surface area (Å²) in [5.74, 6) is 0.383. The Morgan fingerprint density at radius 3 is 2.47 bits per heavy atom. The van der Waals surface area contributed by atoms with Crippen LogP contribution in [0.1, 0.15) is 11.4 Å². The largest absolute Gasteiger partial charge is 0.494 e. The number of nitrogens with zero attached hydrogens (tertiary/aromatic N) is 3. The summed E-state index contributed by atoms with van der Waals surface area (Å²) in [4.78, 5) is 22.0. The fourth-order valence-corrected chi connectivity index (χ4v) is 3.70. The van der Waals surface area contributed by atoms with Gasteiger partial charge in [0.25, 0.3) is 5.56 Å². The van der Waals surface area contributed by atoms with Gasteiger partial charge in [0, 0.05) is 0 Å². The number of hydrogen-bond acceptors (Lipinski definition) is 5. The number of ether oxygens (including phenoxy) is 1. The third-order valence-electron chi connectivity index (χ3n) is 5.12. The molecule has 0 aliphatic heterocycles. The summed E-state index contributed by atoms with van der Waals surface area (Å²) in [6.07, 6.45) is -4.73. The van der Waals surface area contributed by atoms with E-state index in [2.05, 4.69) is 15.1 Å². The number of nitrogens with one attached hydrogen (secondary N) is 1. The van der Waals surface area contributed by atoms with Crippen molar-refractivity contribution >= 4 is 16.7 Å². The summed E-state index contributed by atoms with van der Waals surface area (Å²) in [5.41, 5.74) is -0.982. The maximum atomic E-state index is 13.8. The molecule has 0 fully saturated rings. The first-order chi connectivity index (χ1) is 15.3. The van der Waals surface area contributed by atoms with Gasteiger partial charge in [0.2, 0.25) is 5.89 Å². The zero-order chi connectivity index (χ0) is 22.6. The highest BCUT2D eigenvalue weighted by atomic mass is 19.4. The molecule has 0 atom stereocenters. The zero-order valence-electron chi connectivity index (χ0n) is 16.8. The fourth-order valence-electron chi connectivity index (χ4n) is 3.70. The van der Waals surface area contributed by atoms with E-state index in [1.165, 1.54) is 26.2 Å². The van der Waals surface area contributed by atoms with Crippen LogP contribution in [0.4, 0.5) is 13.2 Å². The fraction of sp³-hybridized carbons (Fsp3) is 0.136. The van der Waals surface area contributed by atoms with Crippen molar-refractivity contribution in [2.75, 3.05) is 7.11 Å². The van der Waals surface area contributed by atoms with Gasteiger partial charge >= 0.3 is 6.18 Å². The number of H-pyrrole nitrogens is 1. The summed E-state index contributed by atoms with van der Waals surface area (Å²) in [5, 5.41) is 2.19. The third kappa shape index (κ3) is 2.95. The number of alkyl halides is 3. The average Bonchev–Trinajstić information content (AvgIpc) is 3.36. The lowest BCUT2D eigenvalue weighted by Gasteiger charge is -2.07. The number of hydrogen-bond donors (Lipinski definition) is 1. The van der Waals surface area contributed by atoms with Crippen LogP contribution in [0.5, 0.6) is 5.75 Å². The Morgan fingerprint density at radius 2 is 1.78 bits per heavy atom. The number of para-hydroxylation sites is 1. The molecule has 5 rings (SSSR count). The number of methoxy groups -OCH3 is 1. The van der Waals surface area contributed by atoms with Crippen molar-refractivity contribution in [3.63, 3.8) is 0 Å². The van der Waals surface area contributed by atoms with Crippen molar-refractivity contribution in [1.29, 1.82) is 0 Å². The zero-order valence-corrected chi connectivity index (χ0v) is 16.8. The van der Waals surface area contributed by atoms with Crippen molar-refractivity contribution < 1.29 is 22.3 Å². The summed E-state index contributed by atoms with van der Waals surface area (Å²) < 4.78 is 53.2. The monoisotopic (exact) mass is 440 g/mol. The summed E-state index contributed by atoms with van der Waals surface area (Å²) in [6, 6.07) is 13.0. The van der Waals surface area contributed by atoms with E-state index in [-0.39, 0.29) is 33.9 Å². The molecule has 0 saturated carbocycles. The van der Waals surface area contributed by atoms with Gasteiger partial charge in [-0.25, -0.2) is 9.97 Å². The van der Waals surface area contributed by atoms with Crippen molar-refractivity contribution in [1.82, 2.24) is 19.6 Å². The van der Waals surface area contributed by atoms with Crippen LogP contribution in [0.15, 0.2) is 57.7 Å². The van der Waals surface area contributed by atoms with E-state index >= 15 is 0 Å². The van der Waals surface area contributed by atoms with E-state index in [9.17, 15) is 18.0 Å². The van der Waals surface area contributed by atoms with Crippen LogP contribution in [0, 0.1) is 6.92 Å². The van der Waals surface area contributed by atoms with Crippen LogP contribution in [-0.4, -0.2) is 26.7 Å². The molecule has 7 nitrogen and oxygen atoms in total. The molecule has 1 N–H and O–H groups in total. The van der Waals surface area contributed by atoms with Gasteiger partial charge in [0.05, 0.1) is 18.4 Å². The maximum Gasteiger partial charge on any atom is 0.433 e. The Balaban J connectivity index is 1.82. The molecule has 0 amide bonds. The number of aryl methyl sites for hydroxylation is 1. The molecular weight excluding hydrogens is 425 g/mol. The van der Waals surface area contributed by atoms with Crippen LogP contribution in [0.2, 0.25) is 0 Å². The predicted molar refractivity (Wildman–Crippen MR) is 111 cm³/mol. The number of rotatable bonds is 3. The lowest BCUT2D eigenvalue weighted by Crippen LogP contribution is -2.19. The summed E-state index contributed by atoms with van der Waals surface area (Å²) in [6.45, 7) is 1.53. The number of halogens is 3. The molecular formula is C22H15F3N4O3. The van der Waals surface area contributed by atoms with E-state index in [1.54, 1.807) is 36.4 Å². The standard InChI is InChI=1S/C22H15F3N4O3/c1-11-15(20-27-17-13(31-2)9-6-10-14(17)32-20)21(30)29-19(26-11)16(12-7-4-3-5-8-12)18(28-29)22(23,24)25/h3-10,28H,1-2H3. The Labute approximate surface area is 178 Å². The number of fused-ring (bicyclic) bond motifs is 2. The lowest BCUT2D eigenvalue weighted by molar-refractivity contribution is -0.140. The van der Waals surface area contributed by atoms with E-state index in [4.69, 9.17) is 9.15 Å². The molecule has 10 heteroatoms. The molecule has 0 aliphatic carbocycles. The van der Waals surface area contributed by atoms with Gasteiger partial charge in [-0.1, -0.05) is 36.4 Å². The number of oxazole rings is 1. The van der Waals surface area contributed by atoms with Crippen molar-refractivity contribution in [2.24, 2.45) is 0 Å². The third-order valence-corrected chi connectivity index (χ3v) is 5.12. The van der Waals surface area contributed by atoms with Crippen LogP contribution < -0.4 is 10.3 Å². The van der Waals surface area contributed by atoms with Crippen LogP contribution >= 0.6 is 0 Å². The molecule has 32 heavy (non-hydrogen) atoms. The quantitative estimate of drug-likeness (QED) is 0.434. The second kappa shape index (κ2) is 6.98. The molecule has 162 valence electrons.